The highest BCUT2D eigenvalue weighted by molar-refractivity contribution is 5.82. The highest BCUT2D eigenvalue weighted by Crippen LogP contribution is 2.09. The maximum Gasteiger partial charge on any atom is 0.443 e. The first kappa shape index (κ1) is 21.4. The van der Waals surface area contributed by atoms with E-state index in [1.807, 2.05) is 0 Å². The van der Waals surface area contributed by atoms with E-state index in [-0.39, 0.29) is 6.42 Å². The lowest BCUT2D eigenvalue weighted by molar-refractivity contribution is -0.183. The second kappa shape index (κ2) is 11.0. The van der Waals surface area contributed by atoms with Crippen LogP contribution >= 0.6 is 0 Å². The van der Waals surface area contributed by atoms with Crippen LogP contribution in [0.4, 0.5) is 4.79 Å². The van der Waals surface area contributed by atoms with E-state index in [1.165, 1.54) is 0 Å². The number of hydrogen-bond acceptors (Lipinski definition) is 7. The summed E-state index contributed by atoms with van der Waals surface area (Å²) >= 11 is 0. The molecule has 134 valence electrons. The lowest BCUT2D eigenvalue weighted by Crippen LogP contribution is -2.40. The largest absolute Gasteiger partial charge is 0.444 e. The van der Waals surface area contributed by atoms with Crippen molar-refractivity contribution in [2.45, 2.75) is 58.5 Å². The Morgan fingerprint density at radius 2 is 1.96 bits per heavy atom. The fourth-order valence-corrected chi connectivity index (χ4v) is 1.31. The van der Waals surface area contributed by atoms with Gasteiger partial charge in [0.1, 0.15) is 6.10 Å². The van der Waals surface area contributed by atoms with Gasteiger partial charge in [0.2, 0.25) is 0 Å². The normalized spacial score (nSPS) is 18.1. The average molecular weight is 333 g/mol. The first-order valence-electron chi connectivity index (χ1n) is 7.45. The first-order valence-corrected chi connectivity index (χ1v) is 7.45. The predicted octanol–water partition coefficient (Wildman–Crippen LogP) is 1.01. The molecule has 23 heavy (non-hydrogen) atoms. The third-order valence-corrected chi connectivity index (χ3v) is 2.62. The summed E-state index contributed by atoms with van der Waals surface area (Å²) in [6, 6.07) is -0.411. The Hall–Kier alpha value is -1.64. The van der Waals surface area contributed by atoms with E-state index in [4.69, 9.17) is 19.4 Å². The molecule has 1 saturated heterocycles. The van der Waals surface area contributed by atoms with Crippen LogP contribution in [0.25, 0.3) is 0 Å². The van der Waals surface area contributed by atoms with Gasteiger partial charge in [0.25, 0.3) is 0 Å². The van der Waals surface area contributed by atoms with Crippen molar-refractivity contribution in [3.05, 3.63) is 12.7 Å². The summed E-state index contributed by atoms with van der Waals surface area (Å²) < 4.78 is 9.70. The minimum Gasteiger partial charge on any atom is -0.444 e. The summed E-state index contributed by atoms with van der Waals surface area (Å²) in [5.74, 6) is -0.770. The van der Waals surface area contributed by atoms with Crippen LogP contribution in [0, 0.1) is 0 Å². The molecule has 0 aliphatic carbocycles. The number of carbonyl (C=O) groups is 2. The Kier molecular flexibility index (Phi) is 10.2. The van der Waals surface area contributed by atoms with E-state index >= 15 is 0 Å². The molecule has 0 saturated carbocycles. The lowest BCUT2D eigenvalue weighted by atomic mass is 10.2. The van der Waals surface area contributed by atoms with Crippen molar-refractivity contribution in [2.24, 2.45) is 0 Å². The number of amides is 1. The highest BCUT2D eigenvalue weighted by Gasteiger charge is 2.25. The van der Waals surface area contributed by atoms with E-state index in [2.05, 4.69) is 13.5 Å². The molecule has 1 heterocycles. The zero-order valence-corrected chi connectivity index (χ0v) is 14.1. The monoisotopic (exact) mass is 333 g/mol. The summed E-state index contributed by atoms with van der Waals surface area (Å²) in [6.07, 6.45) is -0.835. The maximum absolute atomic E-state index is 11.8. The minimum absolute atomic E-state index is 0.0869. The highest BCUT2D eigenvalue weighted by atomic mass is 16.8. The summed E-state index contributed by atoms with van der Waals surface area (Å²) in [5.41, 5.74) is 0. The van der Waals surface area contributed by atoms with Gasteiger partial charge in [0.05, 0.1) is 31.5 Å². The van der Waals surface area contributed by atoms with Gasteiger partial charge in [-0.2, -0.15) is 0 Å². The molecule has 0 aromatic heterocycles. The van der Waals surface area contributed by atoms with Crippen molar-refractivity contribution < 1.29 is 34.1 Å². The molecule has 2 N–H and O–H groups in total. The number of nitrogens with zero attached hydrogens (tertiary/aromatic N) is 1. The van der Waals surface area contributed by atoms with Crippen LogP contribution in [0.2, 0.25) is 0 Å². The topological polar surface area (TPSA) is 109 Å². The number of epoxide rings is 1. The maximum atomic E-state index is 11.8. The molecule has 1 fully saturated rings. The first-order chi connectivity index (χ1) is 10.7. The van der Waals surface area contributed by atoms with Crippen LogP contribution in [0.1, 0.15) is 34.1 Å². The Morgan fingerprint density at radius 1 is 1.43 bits per heavy atom. The zero-order valence-electron chi connectivity index (χ0n) is 14.1. The molecule has 0 spiro atoms. The number of aliphatic hydroxyl groups excluding tert-OH is 2. The lowest BCUT2D eigenvalue weighted by Gasteiger charge is -2.25. The average Bonchev–Trinajstić information content (AvgIpc) is 3.26. The fourth-order valence-electron chi connectivity index (χ4n) is 1.31. The minimum atomic E-state index is -0.967. The van der Waals surface area contributed by atoms with Crippen LogP contribution in [-0.4, -0.2) is 64.9 Å². The predicted molar refractivity (Wildman–Crippen MR) is 82.3 cm³/mol. The molecule has 8 nitrogen and oxygen atoms in total. The third-order valence-electron chi connectivity index (χ3n) is 2.62. The number of carbonyl (C=O) groups excluding carboxylic acids is 2. The number of aliphatic hydroxyl groups is 2. The van der Waals surface area contributed by atoms with E-state index in [0.29, 0.717) is 6.10 Å². The van der Waals surface area contributed by atoms with E-state index < -0.39 is 36.9 Å². The van der Waals surface area contributed by atoms with Gasteiger partial charge in [0, 0.05) is 12.5 Å². The molecule has 0 radical (unpaired) electrons. The summed E-state index contributed by atoms with van der Waals surface area (Å²) in [5, 5.41) is 18.7. The van der Waals surface area contributed by atoms with Gasteiger partial charge in [-0.15, -0.1) is 5.06 Å². The molecule has 0 bridgehead atoms. The second-order valence-corrected chi connectivity index (χ2v) is 5.44. The van der Waals surface area contributed by atoms with Crippen LogP contribution in [0.3, 0.4) is 0 Å². The number of ether oxygens (including phenoxy) is 2. The molecule has 3 unspecified atom stereocenters. The van der Waals surface area contributed by atoms with Crippen LogP contribution in [-0.2, 0) is 19.1 Å². The zero-order chi connectivity index (χ0) is 18.0. The van der Waals surface area contributed by atoms with Gasteiger partial charge < -0.3 is 24.5 Å². The van der Waals surface area contributed by atoms with Crippen molar-refractivity contribution in [3.8, 4) is 0 Å². The number of rotatable bonds is 6. The second-order valence-electron chi connectivity index (χ2n) is 5.44. The van der Waals surface area contributed by atoms with Crippen molar-refractivity contribution in [3.63, 3.8) is 0 Å². The summed E-state index contributed by atoms with van der Waals surface area (Å²) in [7, 11) is 0. The SMILES string of the molecule is C=CC(=O)ON(C(=O)OC(C)CC(O)CO)C(C)C.CC1CO1. The molecule has 3 atom stereocenters. The van der Waals surface area contributed by atoms with E-state index in [1.54, 1.807) is 20.8 Å². The smallest absolute Gasteiger partial charge is 0.443 e. The summed E-state index contributed by atoms with van der Waals surface area (Å²) in [6.45, 7) is 10.7. The van der Waals surface area contributed by atoms with Gasteiger partial charge in [-0.3, -0.25) is 0 Å². The molecule has 1 amide bonds. The van der Waals surface area contributed by atoms with Gasteiger partial charge in [-0.05, 0) is 27.7 Å². The molecule has 1 aliphatic rings. The van der Waals surface area contributed by atoms with Gasteiger partial charge >= 0.3 is 12.1 Å². The number of hydroxylamine groups is 2. The Balaban J connectivity index is 0.00000104. The van der Waals surface area contributed by atoms with Crippen LogP contribution in [0.5, 0.6) is 0 Å². The van der Waals surface area contributed by atoms with Crippen molar-refractivity contribution in [2.75, 3.05) is 13.2 Å². The molecule has 0 aromatic carbocycles. The fraction of sp³-hybridized carbons (Fsp3) is 0.733. The van der Waals surface area contributed by atoms with Crippen molar-refractivity contribution in [1.82, 2.24) is 5.06 Å². The van der Waals surface area contributed by atoms with Gasteiger partial charge in [0.15, 0.2) is 0 Å². The third kappa shape index (κ3) is 10.7. The van der Waals surface area contributed by atoms with Crippen molar-refractivity contribution >= 4 is 12.1 Å². The van der Waals surface area contributed by atoms with Crippen LogP contribution < -0.4 is 0 Å². The van der Waals surface area contributed by atoms with Crippen LogP contribution in [0.15, 0.2) is 12.7 Å². The van der Waals surface area contributed by atoms with Crippen molar-refractivity contribution in [1.29, 1.82) is 0 Å². The van der Waals surface area contributed by atoms with E-state index in [0.717, 1.165) is 17.7 Å². The molecular formula is C15H27NO7. The Morgan fingerprint density at radius 3 is 2.30 bits per heavy atom. The molecule has 8 heteroatoms. The van der Waals surface area contributed by atoms with Gasteiger partial charge in [-0.1, -0.05) is 6.58 Å². The Labute approximate surface area is 136 Å². The van der Waals surface area contributed by atoms with Gasteiger partial charge in [-0.25, -0.2) is 9.59 Å². The molecular weight excluding hydrogens is 306 g/mol. The molecule has 1 rings (SSSR count). The number of hydrogen-bond donors (Lipinski definition) is 2. The summed E-state index contributed by atoms with van der Waals surface area (Å²) in [4.78, 5) is 27.6. The Bertz CT molecular complexity index is 382. The molecule has 0 aromatic rings. The standard InChI is InChI=1S/C12H21NO6.C3H6O/c1-5-11(16)19-13(8(2)3)12(17)18-9(4)6-10(15)7-14;1-3-2-4-3/h5,8-10,14-15H,1,6-7H2,2-4H3;3H,2H2,1H3. The quantitative estimate of drug-likeness (QED) is 0.424. The van der Waals surface area contributed by atoms with E-state index in [9.17, 15) is 14.7 Å². The molecule has 1 aliphatic heterocycles.